The van der Waals surface area contributed by atoms with E-state index in [0.29, 0.717) is 28.8 Å². The van der Waals surface area contributed by atoms with Crippen molar-refractivity contribution in [1.29, 1.82) is 0 Å². The zero-order valence-corrected chi connectivity index (χ0v) is 14.0. The van der Waals surface area contributed by atoms with Crippen LogP contribution in [0.1, 0.15) is 21.5 Å². The summed E-state index contributed by atoms with van der Waals surface area (Å²) in [6.45, 7) is 4.83. The molecular weight excluding hydrogens is 321 g/mol. The molecule has 0 saturated heterocycles. The minimum absolute atomic E-state index is 0.244. The highest BCUT2D eigenvalue weighted by Gasteiger charge is 2.10. The Kier molecular flexibility index (Phi) is 5.69. The lowest BCUT2D eigenvalue weighted by Gasteiger charge is -2.11. The van der Waals surface area contributed by atoms with Gasteiger partial charge in [-0.05, 0) is 49.2 Å². The van der Waals surface area contributed by atoms with Crippen molar-refractivity contribution in [3.05, 3.63) is 63.1 Å². The molecule has 0 saturated carbocycles. The quantitative estimate of drug-likeness (QED) is 0.820. The number of carbonyl (C=O) groups is 1. The Bertz CT molecular complexity index is 686. The number of halogens is 2. The van der Waals surface area contributed by atoms with E-state index in [9.17, 15) is 4.79 Å². The van der Waals surface area contributed by atoms with Crippen LogP contribution >= 0.6 is 23.2 Å². The van der Waals surface area contributed by atoms with Crippen molar-refractivity contribution in [2.45, 2.75) is 13.8 Å². The van der Waals surface area contributed by atoms with E-state index >= 15 is 0 Å². The van der Waals surface area contributed by atoms with Crippen molar-refractivity contribution in [3.8, 4) is 5.75 Å². The zero-order valence-electron chi connectivity index (χ0n) is 12.5. The summed E-state index contributed by atoms with van der Waals surface area (Å²) in [6.07, 6.45) is 0. The van der Waals surface area contributed by atoms with Gasteiger partial charge in [0.1, 0.15) is 12.4 Å². The van der Waals surface area contributed by atoms with Crippen LogP contribution in [0.15, 0.2) is 36.4 Å². The normalized spacial score (nSPS) is 10.4. The summed E-state index contributed by atoms with van der Waals surface area (Å²) in [7, 11) is 0. The smallest absolute Gasteiger partial charge is 0.252 e. The van der Waals surface area contributed by atoms with Gasteiger partial charge in [-0.1, -0.05) is 35.3 Å². The molecule has 116 valence electrons. The van der Waals surface area contributed by atoms with Crippen LogP contribution in [0.4, 0.5) is 0 Å². The first-order chi connectivity index (χ1) is 10.5. The molecule has 1 N–H and O–H groups in total. The van der Waals surface area contributed by atoms with Crippen LogP contribution in [-0.2, 0) is 0 Å². The molecule has 2 rings (SSSR count). The molecule has 0 unspecified atom stereocenters. The van der Waals surface area contributed by atoms with Crippen molar-refractivity contribution in [2.24, 2.45) is 0 Å². The molecule has 0 aromatic heterocycles. The number of rotatable bonds is 5. The SMILES string of the molecule is Cc1cccc(OCCNC(=O)c2ccc(Cl)cc2Cl)c1C. The maximum absolute atomic E-state index is 12.0. The van der Waals surface area contributed by atoms with Crippen LogP contribution in [0, 0.1) is 13.8 Å². The number of aryl methyl sites for hydroxylation is 1. The molecule has 2 aromatic carbocycles. The lowest BCUT2D eigenvalue weighted by atomic mass is 10.1. The molecule has 0 aliphatic carbocycles. The number of amides is 1. The largest absolute Gasteiger partial charge is 0.491 e. The first kappa shape index (κ1) is 16.7. The van der Waals surface area contributed by atoms with Gasteiger partial charge in [-0.3, -0.25) is 4.79 Å². The predicted molar refractivity (Wildman–Crippen MR) is 90.2 cm³/mol. The van der Waals surface area contributed by atoms with E-state index in [-0.39, 0.29) is 5.91 Å². The van der Waals surface area contributed by atoms with Crippen molar-refractivity contribution in [3.63, 3.8) is 0 Å². The number of carbonyl (C=O) groups excluding carboxylic acids is 1. The second-order valence-electron chi connectivity index (χ2n) is 4.93. The molecule has 3 nitrogen and oxygen atoms in total. The van der Waals surface area contributed by atoms with E-state index < -0.39 is 0 Å². The lowest BCUT2D eigenvalue weighted by Crippen LogP contribution is -2.28. The third-order valence-electron chi connectivity index (χ3n) is 3.38. The second-order valence-corrected chi connectivity index (χ2v) is 5.77. The van der Waals surface area contributed by atoms with E-state index in [1.165, 1.54) is 5.56 Å². The summed E-state index contributed by atoms with van der Waals surface area (Å²) >= 11 is 11.8. The van der Waals surface area contributed by atoms with Gasteiger partial charge in [-0.2, -0.15) is 0 Å². The van der Waals surface area contributed by atoms with Gasteiger partial charge in [0.05, 0.1) is 17.1 Å². The Balaban J connectivity index is 1.86. The second kappa shape index (κ2) is 7.52. The molecule has 0 fully saturated rings. The number of ether oxygens (including phenoxy) is 1. The van der Waals surface area contributed by atoms with Crippen LogP contribution in [0.25, 0.3) is 0 Å². The highest BCUT2D eigenvalue weighted by Crippen LogP contribution is 2.21. The highest BCUT2D eigenvalue weighted by molar-refractivity contribution is 6.36. The minimum atomic E-state index is -0.244. The molecule has 0 radical (unpaired) electrons. The third kappa shape index (κ3) is 4.15. The van der Waals surface area contributed by atoms with Crippen molar-refractivity contribution in [1.82, 2.24) is 5.32 Å². The van der Waals surface area contributed by atoms with Gasteiger partial charge in [-0.25, -0.2) is 0 Å². The van der Waals surface area contributed by atoms with E-state index in [1.807, 2.05) is 32.0 Å². The monoisotopic (exact) mass is 337 g/mol. The maximum atomic E-state index is 12.0. The predicted octanol–water partition coefficient (Wildman–Crippen LogP) is 4.42. The average Bonchev–Trinajstić information content (AvgIpc) is 2.47. The first-order valence-corrected chi connectivity index (χ1v) is 7.67. The molecule has 22 heavy (non-hydrogen) atoms. The number of hydrogen-bond acceptors (Lipinski definition) is 2. The van der Waals surface area contributed by atoms with Gasteiger partial charge in [0.25, 0.3) is 5.91 Å². The number of benzene rings is 2. The number of nitrogens with one attached hydrogen (secondary N) is 1. The molecule has 2 aromatic rings. The van der Waals surface area contributed by atoms with Gasteiger partial charge < -0.3 is 10.1 Å². The molecule has 0 spiro atoms. The number of hydrogen-bond donors (Lipinski definition) is 1. The van der Waals surface area contributed by atoms with Gasteiger partial charge >= 0.3 is 0 Å². The van der Waals surface area contributed by atoms with Crippen molar-refractivity contribution >= 4 is 29.1 Å². The Morgan fingerprint density at radius 3 is 2.68 bits per heavy atom. The van der Waals surface area contributed by atoms with E-state index in [2.05, 4.69) is 5.32 Å². The summed E-state index contributed by atoms with van der Waals surface area (Å²) < 4.78 is 5.68. The van der Waals surface area contributed by atoms with Gasteiger partial charge in [0.15, 0.2) is 0 Å². The minimum Gasteiger partial charge on any atom is -0.491 e. The standard InChI is InChI=1S/C17H17Cl2NO2/c1-11-4-3-5-16(12(11)2)22-9-8-20-17(21)14-7-6-13(18)10-15(14)19/h3-7,10H,8-9H2,1-2H3,(H,20,21). The maximum Gasteiger partial charge on any atom is 0.252 e. The fourth-order valence-corrected chi connectivity index (χ4v) is 2.47. The molecule has 5 heteroatoms. The topological polar surface area (TPSA) is 38.3 Å². The molecular formula is C17H17Cl2NO2. The Morgan fingerprint density at radius 2 is 1.95 bits per heavy atom. The summed E-state index contributed by atoms with van der Waals surface area (Å²) in [4.78, 5) is 12.0. The summed E-state index contributed by atoms with van der Waals surface area (Å²) in [6, 6.07) is 10.7. The van der Waals surface area contributed by atoms with Gasteiger partial charge in [-0.15, -0.1) is 0 Å². The Hall–Kier alpha value is -1.71. The molecule has 0 bridgehead atoms. The molecule has 0 heterocycles. The molecule has 0 aliphatic heterocycles. The Morgan fingerprint density at radius 1 is 1.18 bits per heavy atom. The first-order valence-electron chi connectivity index (χ1n) is 6.91. The molecule has 1 amide bonds. The van der Waals surface area contributed by atoms with Crippen LogP contribution in [0.5, 0.6) is 5.75 Å². The summed E-state index contributed by atoms with van der Waals surface area (Å²) in [5.74, 6) is 0.588. The highest BCUT2D eigenvalue weighted by atomic mass is 35.5. The van der Waals surface area contributed by atoms with E-state index in [1.54, 1.807) is 18.2 Å². The lowest BCUT2D eigenvalue weighted by molar-refractivity contribution is 0.0947. The van der Waals surface area contributed by atoms with Crippen LogP contribution in [0.2, 0.25) is 10.0 Å². The van der Waals surface area contributed by atoms with E-state index in [0.717, 1.165) is 11.3 Å². The fourth-order valence-electron chi connectivity index (χ4n) is 1.97. The average molecular weight is 338 g/mol. The van der Waals surface area contributed by atoms with E-state index in [4.69, 9.17) is 27.9 Å². The molecule has 0 atom stereocenters. The third-order valence-corrected chi connectivity index (χ3v) is 3.92. The summed E-state index contributed by atoms with van der Waals surface area (Å²) in [5, 5.41) is 3.61. The zero-order chi connectivity index (χ0) is 16.1. The summed E-state index contributed by atoms with van der Waals surface area (Å²) in [5.41, 5.74) is 2.68. The van der Waals surface area contributed by atoms with Crippen molar-refractivity contribution < 1.29 is 9.53 Å². The van der Waals surface area contributed by atoms with Gasteiger partial charge in [0.2, 0.25) is 0 Å². The van der Waals surface area contributed by atoms with Crippen LogP contribution < -0.4 is 10.1 Å². The molecule has 0 aliphatic rings. The van der Waals surface area contributed by atoms with Crippen LogP contribution in [0.3, 0.4) is 0 Å². The fraction of sp³-hybridized carbons (Fsp3) is 0.235. The Labute approximate surface area is 140 Å². The van der Waals surface area contributed by atoms with Gasteiger partial charge in [0, 0.05) is 5.02 Å². The van der Waals surface area contributed by atoms with Crippen molar-refractivity contribution in [2.75, 3.05) is 13.2 Å². The van der Waals surface area contributed by atoms with Crippen LogP contribution in [-0.4, -0.2) is 19.1 Å².